The predicted molar refractivity (Wildman–Crippen MR) is 92.1 cm³/mol. The summed E-state index contributed by atoms with van der Waals surface area (Å²) in [5, 5.41) is 2.85. The molecule has 0 aliphatic carbocycles. The van der Waals surface area contributed by atoms with Crippen LogP contribution in [0.25, 0.3) is 6.08 Å². The van der Waals surface area contributed by atoms with Crippen molar-refractivity contribution in [2.45, 2.75) is 12.5 Å². The number of ether oxygens (including phenoxy) is 1. The Labute approximate surface area is 140 Å². The number of hydrogen-bond acceptors (Lipinski definition) is 3. The lowest BCUT2D eigenvalue weighted by atomic mass is 9.98. The standard InChI is InChI=1S/C19H18N2O3/c1-24-18(22)13-17-15-9-5-6-10-16(15)20-19(23)21(17)12-11-14-7-3-2-4-8-14/h2-12,17H,13H2,1H3,(H,20,23)/b12-11+. The van der Waals surface area contributed by atoms with Crippen molar-refractivity contribution < 1.29 is 14.3 Å². The number of benzene rings is 2. The van der Waals surface area contributed by atoms with Crippen LogP contribution in [-0.2, 0) is 9.53 Å². The molecule has 1 heterocycles. The summed E-state index contributed by atoms with van der Waals surface area (Å²) in [6, 6.07) is 16.5. The van der Waals surface area contributed by atoms with Crippen LogP contribution in [0, 0.1) is 0 Å². The van der Waals surface area contributed by atoms with E-state index in [0.29, 0.717) is 0 Å². The molecule has 2 aromatic carbocycles. The molecule has 3 rings (SSSR count). The van der Waals surface area contributed by atoms with Gasteiger partial charge in [0, 0.05) is 11.9 Å². The number of carbonyl (C=O) groups excluding carboxylic acids is 2. The average molecular weight is 322 g/mol. The van der Waals surface area contributed by atoms with Crippen LogP contribution in [0.2, 0.25) is 0 Å². The topological polar surface area (TPSA) is 58.6 Å². The Morgan fingerprint density at radius 1 is 1.17 bits per heavy atom. The number of fused-ring (bicyclic) bond motifs is 1. The van der Waals surface area contributed by atoms with E-state index in [-0.39, 0.29) is 18.4 Å². The van der Waals surface area contributed by atoms with E-state index in [1.165, 1.54) is 12.0 Å². The summed E-state index contributed by atoms with van der Waals surface area (Å²) < 4.78 is 4.79. The maximum atomic E-state index is 12.5. The highest BCUT2D eigenvalue weighted by Gasteiger charge is 2.32. The molecule has 0 saturated carbocycles. The van der Waals surface area contributed by atoms with Crippen molar-refractivity contribution in [1.29, 1.82) is 0 Å². The molecule has 1 N–H and O–H groups in total. The third kappa shape index (κ3) is 3.30. The summed E-state index contributed by atoms with van der Waals surface area (Å²) in [6.45, 7) is 0. The van der Waals surface area contributed by atoms with Crippen molar-refractivity contribution in [3.05, 3.63) is 71.9 Å². The molecular formula is C19H18N2O3. The molecule has 5 heteroatoms. The van der Waals surface area contributed by atoms with Crippen molar-refractivity contribution in [2.75, 3.05) is 12.4 Å². The summed E-state index contributed by atoms with van der Waals surface area (Å²) in [7, 11) is 1.35. The summed E-state index contributed by atoms with van der Waals surface area (Å²) in [4.78, 5) is 25.8. The molecular weight excluding hydrogens is 304 g/mol. The van der Waals surface area contributed by atoms with Crippen molar-refractivity contribution in [3.63, 3.8) is 0 Å². The third-order valence-corrected chi connectivity index (χ3v) is 3.95. The quantitative estimate of drug-likeness (QED) is 0.871. The van der Waals surface area contributed by atoms with Gasteiger partial charge in [0.1, 0.15) is 0 Å². The molecule has 122 valence electrons. The highest BCUT2D eigenvalue weighted by Crippen LogP contribution is 2.35. The minimum absolute atomic E-state index is 0.0973. The van der Waals surface area contributed by atoms with E-state index < -0.39 is 6.04 Å². The second-order valence-corrected chi connectivity index (χ2v) is 5.45. The van der Waals surface area contributed by atoms with Gasteiger partial charge in [0.05, 0.1) is 19.6 Å². The number of para-hydroxylation sites is 1. The Hall–Kier alpha value is -3.08. The fourth-order valence-electron chi connectivity index (χ4n) is 2.72. The van der Waals surface area contributed by atoms with Crippen LogP contribution in [0.3, 0.4) is 0 Å². The number of nitrogens with one attached hydrogen (secondary N) is 1. The molecule has 0 spiro atoms. The molecule has 24 heavy (non-hydrogen) atoms. The summed E-state index contributed by atoms with van der Waals surface area (Å²) >= 11 is 0. The predicted octanol–water partition coefficient (Wildman–Crippen LogP) is 3.81. The second-order valence-electron chi connectivity index (χ2n) is 5.45. The lowest BCUT2D eigenvalue weighted by Gasteiger charge is -2.34. The van der Waals surface area contributed by atoms with Gasteiger partial charge in [-0.3, -0.25) is 9.69 Å². The van der Waals surface area contributed by atoms with Crippen LogP contribution < -0.4 is 5.32 Å². The van der Waals surface area contributed by atoms with Crippen LogP contribution >= 0.6 is 0 Å². The number of esters is 1. The molecule has 0 saturated heterocycles. The van der Waals surface area contributed by atoms with E-state index in [2.05, 4.69) is 5.32 Å². The van der Waals surface area contributed by atoms with Gasteiger partial charge in [0.2, 0.25) is 0 Å². The zero-order valence-corrected chi connectivity index (χ0v) is 13.3. The van der Waals surface area contributed by atoms with Crippen LogP contribution in [0.1, 0.15) is 23.6 Å². The average Bonchev–Trinajstić information content (AvgIpc) is 2.61. The van der Waals surface area contributed by atoms with Crippen molar-refractivity contribution >= 4 is 23.8 Å². The lowest BCUT2D eigenvalue weighted by Crippen LogP contribution is -2.39. The van der Waals surface area contributed by atoms with Gasteiger partial charge in [0.25, 0.3) is 0 Å². The first-order valence-electron chi connectivity index (χ1n) is 7.67. The highest BCUT2D eigenvalue weighted by molar-refractivity contribution is 5.94. The number of amides is 2. The minimum Gasteiger partial charge on any atom is -0.469 e. The minimum atomic E-state index is -0.401. The van der Waals surface area contributed by atoms with Gasteiger partial charge in [-0.2, -0.15) is 0 Å². The van der Waals surface area contributed by atoms with Crippen molar-refractivity contribution in [1.82, 2.24) is 4.90 Å². The van der Waals surface area contributed by atoms with Crippen molar-refractivity contribution in [3.8, 4) is 0 Å². The molecule has 0 bridgehead atoms. The monoisotopic (exact) mass is 322 g/mol. The van der Waals surface area contributed by atoms with Gasteiger partial charge in [0.15, 0.2) is 0 Å². The van der Waals surface area contributed by atoms with Gasteiger partial charge < -0.3 is 10.1 Å². The van der Waals surface area contributed by atoms with Crippen molar-refractivity contribution in [2.24, 2.45) is 0 Å². The Kier molecular flexibility index (Phi) is 4.61. The first-order valence-corrected chi connectivity index (χ1v) is 7.67. The molecule has 0 radical (unpaired) electrons. The largest absolute Gasteiger partial charge is 0.469 e. The van der Waals surface area contributed by atoms with Crippen LogP contribution in [-0.4, -0.2) is 24.0 Å². The second kappa shape index (κ2) is 7.00. The normalized spacial score (nSPS) is 16.6. The molecule has 2 aromatic rings. The Balaban J connectivity index is 1.94. The van der Waals surface area contributed by atoms with Gasteiger partial charge in [-0.05, 0) is 23.3 Å². The van der Waals surface area contributed by atoms with Gasteiger partial charge >= 0.3 is 12.0 Å². The number of nitrogens with zero attached hydrogens (tertiary/aromatic N) is 1. The first kappa shape index (κ1) is 15.8. The molecule has 1 aliphatic rings. The highest BCUT2D eigenvalue weighted by atomic mass is 16.5. The number of methoxy groups -OCH3 is 1. The Bertz CT molecular complexity index is 771. The van der Waals surface area contributed by atoms with E-state index in [1.807, 2.05) is 60.7 Å². The van der Waals surface area contributed by atoms with E-state index in [9.17, 15) is 9.59 Å². The summed E-state index contributed by atoms with van der Waals surface area (Å²) in [5.41, 5.74) is 2.59. The number of urea groups is 1. The van der Waals surface area contributed by atoms with E-state index in [0.717, 1.165) is 16.8 Å². The summed E-state index contributed by atoms with van der Waals surface area (Å²) in [5.74, 6) is -0.359. The van der Waals surface area contributed by atoms with Crippen LogP contribution in [0.4, 0.5) is 10.5 Å². The maximum Gasteiger partial charge on any atom is 0.326 e. The Morgan fingerprint density at radius 3 is 2.62 bits per heavy atom. The van der Waals surface area contributed by atoms with E-state index in [4.69, 9.17) is 4.74 Å². The summed E-state index contributed by atoms with van der Waals surface area (Å²) in [6.07, 6.45) is 3.64. The first-order chi connectivity index (χ1) is 11.7. The molecule has 0 fully saturated rings. The maximum absolute atomic E-state index is 12.5. The lowest BCUT2D eigenvalue weighted by molar-refractivity contribution is -0.141. The third-order valence-electron chi connectivity index (χ3n) is 3.95. The smallest absolute Gasteiger partial charge is 0.326 e. The van der Waals surface area contributed by atoms with E-state index >= 15 is 0 Å². The fraction of sp³-hybridized carbons (Fsp3) is 0.158. The number of hydrogen-bond donors (Lipinski definition) is 1. The zero-order chi connectivity index (χ0) is 16.9. The van der Waals surface area contributed by atoms with Gasteiger partial charge in [-0.25, -0.2) is 4.79 Å². The molecule has 1 unspecified atom stereocenters. The fourth-order valence-corrected chi connectivity index (χ4v) is 2.72. The molecule has 1 atom stereocenters. The number of anilines is 1. The van der Waals surface area contributed by atoms with E-state index in [1.54, 1.807) is 6.20 Å². The van der Waals surface area contributed by atoms with Crippen LogP contribution in [0.5, 0.6) is 0 Å². The molecule has 5 nitrogen and oxygen atoms in total. The van der Waals surface area contributed by atoms with Crippen LogP contribution in [0.15, 0.2) is 60.8 Å². The molecule has 2 amide bonds. The zero-order valence-electron chi connectivity index (χ0n) is 13.3. The molecule has 1 aliphatic heterocycles. The Morgan fingerprint density at radius 2 is 1.88 bits per heavy atom. The van der Waals surface area contributed by atoms with Gasteiger partial charge in [-0.1, -0.05) is 48.5 Å². The SMILES string of the molecule is COC(=O)CC1c2ccccc2NC(=O)N1/C=C/c1ccccc1. The number of rotatable bonds is 4. The molecule has 0 aromatic heterocycles. The number of carbonyl (C=O) groups is 2. The van der Waals surface area contributed by atoms with Gasteiger partial charge in [-0.15, -0.1) is 0 Å².